The number of rotatable bonds is 7. The Morgan fingerprint density at radius 3 is 2.78 bits per heavy atom. The van der Waals surface area contributed by atoms with E-state index in [4.69, 9.17) is 33.2 Å². The van der Waals surface area contributed by atoms with Crippen molar-refractivity contribution in [3.63, 3.8) is 0 Å². The van der Waals surface area contributed by atoms with Gasteiger partial charge >= 0.3 is 0 Å². The molecule has 3 rings (SSSR count). The maximum Gasteiger partial charge on any atom is 0.159 e. The largest absolute Gasteiger partial charge is 0.492 e. The maximum atomic E-state index is 9.03. The second kappa shape index (κ2) is 8.57. The number of hydrogen-bond donors (Lipinski definition) is 0. The van der Waals surface area contributed by atoms with Gasteiger partial charge in [0.05, 0.1) is 17.7 Å². The first kappa shape index (κ1) is 19.4. The minimum atomic E-state index is 0.103. The summed E-state index contributed by atoms with van der Waals surface area (Å²) in [5.41, 5.74) is 1.95. The summed E-state index contributed by atoms with van der Waals surface area (Å²) in [5, 5.41) is 15.1. The smallest absolute Gasteiger partial charge is 0.159 e. The Labute approximate surface area is 167 Å². The number of hydrogen-bond acceptors (Lipinski definition) is 5. The first-order valence-corrected chi connectivity index (χ1v) is 9.23. The summed E-state index contributed by atoms with van der Waals surface area (Å²) >= 11 is 13.0. The van der Waals surface area contributed by atoms with Crippen molar-refractivity contribution in [3.8, 4) is 23.1 Å². The molecule has 0 aliphatic rings. The fourth-order valence-electron chi connectivity index (χ4n) is 2.77. The van der Waals surface area contributed by atoms with Gasteiger partial charge in [0.15, 0.2) is 5.65 Å². The van der Waals surface area contributed by atoms with Gasteiger partial charge < -0.3 is 9.64 Å². The molecule has 0 fully saturated rings. The third kappa shape index (κ3) is 4.16. The van der Waals surface area contributed by atoms with Crippen LogP contribution in [0.2, 0.25) is 10.0 Å². The normalized spacial score (nSPS) is 11.1. The van der Waals surface area contributed by atoms with Gasteiger partial charge in [0, 0.05) is 23.7 Å². The summed E-state index contributed by atoms with van der Waals surface area (Å²) in [5.74, 6) is 0.545. The summed E-state index contributed by atoms with van der Waals surface area (Å²) < 4.78 is 7.32. The van der Waals surface area contributed by atoms with E-state index >= 15 is 0 Å². The lowest BCUT2D eigenvalue weighted by Crippen LogP contribution is -2.15. The highest BCUT2D eigenvalue weighted by Gasteiger charge is 2.19. The van der Waals surface area contributed by atoms with Gasteiger partial charge in [0.1, 0.15) is 23.0 Å². The quantitative estimate of drug-likeness (QED) is 0.551. The van der Waals surface area contributed by atoms with Gasteiger partial charge in [-0.25, -0.2) is 9.67 Å². The van der Waals surface area contributed by atoms with Crippen LogP contribution in [-0.2, 0) is 6.54 Å². The van der Waals surface area contributed by atoms with Gasteiger partial charge in [-0.05, 0) is 44.8 Å². The SMILES string of the molecule is CN(C)CCCOc1ccc(-c2nn(CC#N)c3ncccc23)c(Cl)c1Cl. The molecule has 6 nitrogen and oxygen atoms in total. The molecule has 0 saturated heterocycles. The molecule has 27 heavy (non-hydrogen) atoms. The predicted molar refractivity (Wildman–Crippen MR) is 107 cm³/mol. The molecular weight excluding hydrogens is 385 g/mol. The van der Waals surface area contributed by atoms with Crippen LogP contribution < -0.4 is 4.74 Å². The van der Waals surface area contributed by atoms with Gasteiger partial charge in [-0.3, -0.25) is 0 Å². The highest BCUT2D eigenvalue weighted by Crippen LogP contribution is 2.41. The molecule has 0 saturated carbocycles. The molecule has 0 atom stereocenters. The third-order valence-corrected chi connectivity index (χ3v) is 4.90. The monoisotopic (exact) mass is 403 g/mol. The fraction of sp³-hybridized carbons (Fsp3) is 0.316. The topological polar surface area (TPSA) is 67.0 Å². The van der Waals surface area contributed by atoms with E-state index in [9.17, 15) is 0 Å². The highest BCUT2D eigenvalue weighted by atomic mass is 35.5. The van der Waals surface area contributed by atoms with Gasteiger partial charge in [0.2, 0.25) is 0 Å². The van der Waals surface area contributed by atoms with E-state index in [2.05, 4.69) is 21.1 Å². The number of pyridine rings is 1. The molecule has 2 heterocycles. The standard InChI is InChI=1S/C19H19Cl2N5O/c1-25(2)10-4-12-27-15-7-6-13(16(20)17(15)21)18-14-5-3-9-23-19(14)26(24-18)11-8-22/h3,5-7,9H,4,10-12H2,1-2H3. The zero-order chi connectivity index (χ0) is 19.4. The van der Waals surface area contributed by atoms with Gasteiger partial charge in [-0.1, -0.05) is 23.2 Å². The Morgan fingerprint density at radius 1 is 1.22 bits per heavy atom. The van der Waals surface area contributed by atoms with E-state index in [0.717, 1.165) is 18.4 Å². The Bertz CT molecular complexity index is 994. The molecule has 0 spiro atoms. The van der Waals surface area contributed by atoms with Crippen LogP contribution in [-0.4, -0.2) is 46.9 Å². The van der Waals surface area contributed by atoms with Crippen LogP contribution in [0, 0.1) is 11.3 Å². The van der Waals surface area contributed by atoms with Crippen molar-refractivity contribution < 1.29 is 4.74 Å². The second-order valence-corrected chi connectivity index (χ2v) is 7.04. The Morgan fingerprint density at radius 2 is 2.04 bits per heavy atom. The maximum absolute atomic E-state index is 9.03. The van der Waals surface area contributed by atoms with Crippen molar-refractivity contribution in [2.45, 2.75) is 13.0 Å². The van der Waals surface area contributed by atoms with Crippen molar-refractivity contribution in [1.29, 1.82) is 5.26 Å². The molecule has 0 aliphatic carbocycles. The van der Waals surface area contributed by atoms with Crippen molar-refractivity contribution in [3.05, 3.63) is 40.5 Å². The lowest BCUT2D eigenvalue weighted by molar-refractivity contribution is 0.282. The number of halogens is 2. The molecule has 0 aliphatic heterocycles. The molecule has 2 aromatic heterocycles. The number of aromatic nitrogens is 3. The zero-order valence-corrected chi connectivity index (χ0v) is 16.6. The predicted octanol–water partition coefficient (Wildman–Crippen LogP) is 4.26. The molecule has 1 aromatic carbocycles. The Balaban J connectivity index is 1.93. The number of benzene rings is 1. The van der Waals surface area contributed by atoms with Crippen molar-refractivity contribution in [2.24, 2.45) is 0 Å². The van der Waals surface area contributed by atoms with Gasteiger partial charge in [-0.2, -0.15) is 10.4 Å². The van der Waals surface area contributed by atoms with Crippen LogP contribution in [0.5, 0.6) is 5.75 Å². The molecule has 3 aromatic rings. The Hall–Kier alpha value is -2.33. The number of ether oxygens (including phenoxy) is 1. The average Bonchev–Trinajstić information content (AvgIpc) is 3.01. The number of nitriles is 1. The molecule has 8 heteroatoms. The molecule has 0 unspecified atom stereocenters. The number of nitrogens with zero attached hydrogens (tertiary/aromatic N) is 5. The van der Waals surface area contributed by atoms with E-state index in [1.165, 1.54) is 0 Å². The molecule has 0 amide bonds. The van der Waals surface area contributed by atoms with Crippen molar-refractivity contribution >= 4 is 34.2 Å². The highest BCUT2D eigenvalue weighted by molar-refractivity contribution is 6.44. The molecular formula is C19H19Cl2N5O. The van der Waals surface area contributed by atoms with E-state index in [1.807, 2.05) is 32.3 Å². The minimum Gasteiger partial charge on any atom is -0.492 e. The van der Waals surface area contributed by atoms with Crippen LogP contribution in [0.15, 0.2) is 30.5 Å². The summed E-state index contributed by atoms with van der Waals surface area (Å²) in [6.07, 6.45) is 2.55. The minimum absolute atomic E-state index is 0.103. The average molecular weight is 404 g/mol. The first-order valence-electron chi connectivity index (χ1n) is 8.47. The molecule has 140 valence electrons. The van der Waals surface area contributed by atoms with E-state index in [-0.39, 0.29) is 6.54 Å². The number of fused-ring (bicyclic) bond motifs is 1. The van der Waals surface area contributed by atoms with Crippen LogP contribution in [0.25, 0.3) is 22.3 Å². The Kier molecular flexibility index (Phi) is 6.17. The third-order valence-electron chi connectivity index (χ3n) is 4.04. The van der Waals surface area contributed by atoms with E-state index < -0.39 is 0 Å². The summed E-state index contributed by atoms with van der Waals surface area (Å²) in [7, 11) is 4.03. The molecule has 0 radical (unpaired) electrons. The van der Waals surface area contributed by atoms with E-state index in [1.54, 1.807) is 16.9 Å². The lowest BCUT2D eigenvalue weighted by Gasteiger charge is -2.13. The fourth-order valence-corrected chi connectivity index (χ4v) is 3.24. The first-order chi connectivity index (χ1) is 13.0. The van der Waals surface area contributed by atoms with Crippen molar-refractivity contribution in [2.75, 3.05) is 27.2 Å². The van der Waals surface area contributed by atoms with Gasteiger partial charge in [0.25, 0.3) is 0 Å². The lowest BCUT2D eigenvalue weighted by atomic mass is 10.1. The van der Waals surface area contributed by atoms with Crippen LogP contribution in [0.3, 0.4) is 0 Å². The van der Waals surface area contributed by atoms with Crippen LogP contribution in [0.4, 0.5) is 0 Å². The van der Waals surface area contributed by atoms with Crippen LogP contribution >= 0.6 is 23.2 Å². The molecule has 0 N–H and O–H groups in total. The molecule has 0 bridgehead atoms. The zero-order valence-electron chi connectivity index (χ0n) is 15.1. The summed E-state index contributed by atoms with van der Waals surface area (Å²) in [6.45, 7) is 1.59. The summed E-state index contributed by atoms with van der Waals surface area (Å²) in [6, 6.07) is 9.44. The second-order valence-electron chi connectivity index (χ2n) is 6.28. The van der Waals surface area contributed by atoms with Crippen LogP contribution in [0.1, 0.15) is 6.42 Å². The van der Waals surface area contributed by atoms with E-state index in [0.29, 0.717) is 39.3 Å². The van der Waals surface area contributed by atoms with Gasteiger partial charge in [-0.15, -0.1) is 0 Å². The van der Waals surface area contributed by atoms with Crippen molar-refractivity contribution in [1.82, 2.24) is 19.7 Å². The summed E-state index contributed by atoms with van der Waals surface area (Å²) in [4.78, 5) is 6.42.